The van der Waals surface area contributed by atoms with Crippen LogP contribution in [0.5, 0.6) is 0 Å². The summed E-state index contributed by atoms with van der Waals surface area (Å²) in [4.78, 5) is 14.3. The Morgan fingerprint density at radius 1 is 1.40 bits per heavy atom. The molecular weight excluding hydrogens is 188 g/mol. The molecule has 0 aliphatic carbocycles. The summed E-state index contributed by atoms with van der Waals surface area (Å²) in [5, 5.41) is 3.33. The van der Waals surface area contributed by atoms with E-state index in [4.69, 9.17) is 0 Å². The molecule has 3 nitrogen and oxygen atoms in total. The molecule has 1 rings (SSSR count). The highest BCUT2D eigenvalue weighted by atomic mass is 16.2. The number of carbonyl (C=O) groups is 1. The maximum atomic E-state index is 12.3. The molecule has 0 bridgehead atoms. The van der Waals surface area contributed by atoms with E-state index in [0.717, 1.165) is 13.1 Å². The summed E-state index contributed by atoms with van der Waals surface area (Å²) in [5.74, 6) is 0.717. The molecule has 0 aromatic carbocycles. The van der Waals surface area contributed by atoms with Crippen molar-refractivity contribution in [1.82, 2.24) is 10.2 Å². The zero-order valence-corrected chi connectivity index (χ0v) is 10.8. The van der Waals surface area contributed by atoms with Gasteiger partial charge in [-0.3, -0.25) is 4.79 Å². The fourth-order valence-electron chi connectivity index (χ4n) is 1.88. The van der Waals surface area contributed by atoms with Crippen molar-refractivity contribution in [2.24, 2.45) is 5.92 Å². The average Bonchev–Trinajstić information content (AvgIpc) is 2.15. The predicted molar refractivity (Wildman–Crippen MR) is 62.7 cm³/mol. The fraction of sp³-hybridized carbons (Fsp3) is 0.917. The van der Waals surface area contributed by atoms with E-state index in [1.165, 1.54) is 0 Å². The molecule has 0 radical (unpaired) electrons. The molecule has 1 fully saturated rings. The Balaban J connectivity index is 2.98. The fourth-order valence-corrected chi connectivity index (χ4v) is 1.88. The van der Waals surface area contributed by atoms with Gasteiger partial charge in [-0.1, -0.05) is 6.92 Å². The van der Waals surface area contributed by atoms with Crippen LogP contribution in [0.2, 0.25) is 0 Å². The highest BCUT2D eigenvalue weighted by Gasteiger charge is 2.39. The van der Waals surface area contributed by atoms with Crippen molar-refractivity contribution in [2.75, 3.05) is 13.1 Å². The van der Waals surface area contributed by atoms with E-state index in [9.17, 15) is 4.79 Å². The van der Waals surface area contributed by atoms with Gasteiger partial charge < -0.3 is 10.2 Å². The van der Waals surface area contributed by atoms with Crippen molar-refractivity contribution < 1.29 is 4.79 Å². The summed E-state index contributed by atoms with van der Waals surface area (Å²) in [6.07, 6.45) is 0. The second kappa shape index (κ2) is 3.78. The van der Waals surface area contributed by atoms with Crippen LogP contribution in [0.15, 0.2) is 0 Å². The molecular formula is C12H24N2O. The van der Waals surface area contributed by atoms with Crippen LogP contribution in [-0.4, -0.2) is 35.0 Å². The van der Waals surface area contributed by atoms with Gasteiger partial charge in [0.1, 0.15) is 0 Å². The molecule has 1 aliphatic rings. The van der Waals surface area contributed by atoms with Gasteiger partial charge in [-0.15, -0.1) is 0 Å². The number of hydrogen-bond acceptors (Lipinski definition) is 2. The normalized spacial score (nSPS) is 27.7. The number of rotatable bonds is 0. The van der Waals surface area contributed by atoms with E-state index in [-0.39, 0.29) is 11.4 Å². The Kier molecular flexibility index (Phi) is 3.15. The first-order valence-corrected chi connectivity index (χ1v) is 5.71. The number of amides is 1. The van der Waals surface area contributed by atoms with Gasteiger partial charge in [0.15, 0.2) is 0 Å². The summed E-state index contributed by atoms with van der Waals surface area (Å²) < 4.78 is 0. The van der Waals surface area contributed by atoms with Crippen molar-refractivity contribution in [3.8, 4) is 0 Å². The van der Waals surface area contributed by atoms with E-state index in [1.54, 1.807) is 0 Å². The monoisotopic (exact) mass is 212 g/mol. The summed E-state index contributed by atoms with van der Waals surface area (Å²) in [6, 6.07) is 0. The lowest BCUT2D eigenvalue weighted by atomic mass is 9.99. The lowest BCUT2D eigenvalue weighted by Gasteiger charge is -2.39. The molecule has 88 valence electrons. The molecule has 0 aromatic heterocycles. The van der Waals surface area contributed by atoms with Crippen LogP contribution in [0.1, 0.15) is 41.5 Å². The van der Waals surface area contributed by atoms with E-state index in [0.29, 0.717) is 5.92 Å². The third-order valence-corrected chi connectivity index (χ3v) is 2.98. The van der Waals surface area contributed by atoms with Crippen molar-refractivity contribution in [3.05, 3.63) is 0 Å². The second-order valence-electron chi connectivity index (χ2n) is 6.20. The van der Waals surface area contributed by atoms with Crippen molar-refractivity contribution in [2.45, 2.75) is 52.6 Å². The van der Waals surface area contributed by atoms with Gasteiger partial charge in [0.2, 0.25) is 5.91 Å². The van der Waals surface area contributed by atoms with E-state index >= 15 is 0 Å². The molecule has 0 spiro atoms. The second-order valence-corrected chi connectivity index (χ2v) is 6.20. The maximum Gasteiger partial charge on any atom is 0.242 e. The quantitative estimate of drug-likeness (QED) is 0.662. The minimum Gasteiger partial charge on any atom is -0.336 e. The molecule has 1 heterocycles. The Hall–Kier alpha value is -0.570. The van der Waals surface area contributed by atoms with Gasteiger partial charge in [-0.25, -0.2) is 0 Å². The minimum absolute atomic E-state index is 0.0887. The van der Waals surface area contributed by atoms with Crippen LogP contribution in [0.3, 0.4) is 0 Å². The standard InChI is InChI=1S/C12H24N2O/c1-9-7-13-12(5,6)10(15)14(8-9)11(2,3)4/h9,13H,7-8H2,1-6H3. The molecule has 1 amide bonds. The number of hydrogen-bond donors (Lipinski definition) is 1. The van der Waals surface area contributed by atoms with E-state index in [1.807, 2.05) is 18.7 Å². The molecule has 1 saturated heterocycles. The summed E-state index contributed by atoms with van der Waals surface area (Å²) >= 11 is 0. The Morgan fingerprint density at radius 2 is 1.93 bits per heavy atom. The molecule has 0 aromatic rings. The van der Waals surface area contributed by atoms with Gasteiger partial charge in [-0.2, -0.15) is 0 Å². The van der Waals surface area contributed by atoms with Gasteiger partial charge >= 0.3 is 0 Å². The van der Waals surface area contributed by atoms with Crippen LogP contribution >= 0.6 is 0 Å². The zero-order valence-electron chi connectivity index (χ0n) is 10.8. The number of nitrogens with zero attached hydrogens (tertiary/aromatic N) is 1. The highest BCUT2D eigenvalue weighted by molar-refractivity contribution is 5.86. The lowest BCUT2D eigenvalue weighted by Crippen LogP contribution is -2.56. The van der Waals surface area contributed by atoms with Gasteiger partial charge in [0, 0.05) is 18.6 Å². The van der Waals surface area contributed by atoms with Crippen molar-refractivity contribution in [3.63, 3.8) is 0 Å². The lowest BCUT2D eigenvalue weighted by molar-refractivity contribution is -0.141. The zero-order chi connectivity index (χ0) is 11.9. The third-order valence-electron chi connectivity index (χ3n) is 2.98. The number of carbonyl (C=O) groups excluding carboxylic acids is 1. The molecule has 1 aliphatic heterocycles. The van der Waals surface area contributed by atoms with Crippen LogP contribution < -0.4 is 5.32 Å². The topological polar surface area (TPSA) is 32.3 Å². The summed E-state index contributed by atoms with van der Waals surface area (Å²) in [5.41, 5.74) is -0.521. The first-order chi connectivity index (χ1) is 6.64. The smallest absolute Gasteiger partial charge is 0.242 e. The average molecular weight is 212 g/mol. The minimum atomic E-state index is -0.432. The molecule has 3 heteroatoms. The predicted octanol–water partition coefficient (Wildman–Crippen LogP) is 1.63. The molecule has 15 heavy (non-hydrogen) atoms. The molecule has 1 N–H and O–H groups in total. The number of nitrogens with one attached hydrogen (secondary N) is 1. The van der Waals surface area contributed by atoms with Crippen molar-refractivity contribution in [1.29, 1.82) is 0 Å². The Morgan fingerprint density at radius 3 is 2.40 bits per heavy atom. The van der Waals surface area contributed by atoms with Crippen LogP contribution in [-0.2, 0) is 4.79 Å². The summed E-state index contributed by atoms with van der Waals surface area (Å²) in [6.45, 7) is 14.2. The first-order valence-electron chi connectivity index (χ1n) is 5.71. The first kappa shape index (κ1) is 12.5. The van der Waals surface area contributed by atoms with Crippen LogP contribution in [0.25, 0.3) is 0 Å². The van der Waals surface area contributed by atoms with Crippen LogP contribution in [0, 0.1) is 5.92 Å². The van der Waals surface area contributed by atoms with Gasteiger partial charge in [0.05, 0.1) is 5.54 Å². The Labute approximate surface area is 93.2 Å². The molecule has 1 unspecified atom stereocenters. The van der Waals surface area contributed by atoms with Crippen LogP contribution in [0.4, 0.5) is 0 Å². The van der Waals surface area contributed by atoms with Crippen molar-refractivity contribution >= 4 is 5.91 Å². The summed E-state index contributed by atoms with van der Waals surface area (Å²) in [7, 11) is 0. The molecule has 1 atom stereocenters. The molecule has 0 saturated carbocycles. The SMILES string of the molecule is CC1CNC(C)(C)C(=O)N(C(C)(C)C)C1. The largest absolute Gasteiger partial charge is 0.336 e. The third kappa shape index (κ3) is 2.71. The Bertz CT molecular complexity index is 253. The van der Waals surface area contributed by atoms with E-state index in [2.05, 4.69) is 33.0 Å². The maximum absolute atomic E-state index is 12.3. The van der Waals surface area contributed by atoms with E-state index < -0.39 is 5.54 Å². The van der Waals surface area contributed by atoms with Gasteiger partial charge in [-0.05, 0) is 40.5 Å². The van der Waals surface area contributed by atoms with Gasteiger partial charge in [0.25, 0.3) is 0 Å². The highest BCUT2D eigenvalue weighted by Crippen LogP contribution is 2.23.